The molecule has 0 fully saturated rings. The number of ether oxygens (including phenoxy) is 1. The third-order valence-electron chi connectivity index (χ3n) is 2.95. The Bertz CT molecular complexity index is 294. The van der Waals surface area contributed by atoms with E-state index in [0.29, 0.717) is 6.61 Å². The van der Waals surface area contributed by atoms with E-state index >= 15 is 0 Å². The van der Waals surface area contributed by atoms with Crippen molar-refractivity contribution in [1.29, 1.82) is 0 Å². The SMILES string of the molecule is CCCCCCOCC(N)c1ccc(C)cc1. The van der Waals surface area contributed by atoms with Gasteiger partial charge < -0.3 is 10.5 Å². The van der Waals surface area contributed by atoms with Gasteiger partial charge in [0.05, 0.1) is 12.6 Å². The van der Waals surface area contributed by atoms with E-state index in [2.05, 4.69) is 38.1 Å². The van der Waals surface area contributed by atoms with Gasteiger partial charge in [0, 0.05) is 6.61 Å². The minimum atomic E-state index is 0.00164. The highest BCUT2D eigenvalue weighted by Crippen LogP contribution is 2.12. The van der Waals surface area contributed by atoms with Crippen LogP contribution >= 0.6 is 0 Å². The lowest BCUT2D eigenvalue weighted by molar-refractivity contribution is 0.117. The summed E-state index contributed by atoms with van der Waals surface area (Å²) in [6.07, 6.45) is 4.97. The second-order valence-electron chi connectivity index (χ2n) is 4.65. The number of rotatable bonds is 8. The average molecular weight is 235 g/mol. The van der Waals surface area contributed by atoms with E-state index in [9.17, 15) is 0 Å². The van der Waals surface area contributed by atoms with Gasteiger partial charge in [-0.25, -0.2) is 0 Å². The van der Waals surface area contributed by atoms with Gasteiger partial charge in [0.25, 0.3) is 0 Å². The Morgan fingerprint density at radius 1 is 1.12 bits per heavy atom. The second-order valence-corrected chi connectivity index (χ2v) is 4.65. The predicted molar refractivity (Wildman–Crippen MR) is 73.1 cm³/mol. The number of hydrogen-bond donors (Lipinski definition) is 1. The first-order valence-electron chi connectivity index (χ1n) is 6.64. The van der Waals surface area contributed by atoms with Gasteiger partial charge in [0.1, 0.15) is 0 Å². The van der Waals surface area contributed by atoms with Gasteiger partial charge >= 0.3 is 0 Å². The molecule has 1 aromatic rings. The van der Waals surface area contributed by atoms with Crippen LogP contribution < -0.4 is 5.73 Å². The number of benzene rings is 1. The van der Waals surface area contributed by atoms with Crippen LogP contribution in [0, 0.1) is 6.92 Å². The molecule has 0 aliphatic rings. The van der Waals surface area contributed by atoms with Gasteiger partial charge in [0.2, 0.25) is 0 Å². The van der Waals surface area contributed by atoms with Crippen LogP contribution in [0.3, 0.4) is 0 Å². The molecule has 1 rings (SSSR count). The van der Waals surface area contributed by atoms with Crippen molar-refractivity contribution in [2.24, 2.45) is 5.73 Å². The molecule has 96 valence electrons. The standard InChI is InChI=1S/C15H25NO/c1-3-4-5-6-11-17-12-15(16)14-9-7-13(2)8-10-14/h7-10,15H,3-6,11-12,16H2,1-2H3. The van der Waals surface area contributed by atoms with Crippen molar-refractivity contribution in [3.05, 3.63) is 35.4 Å². The fraction of sp³-hybridized carbons (Fsp3) is 0.600. The summed E-state index contributed by atoms with van der Waals surface area (Å²) >= 11 is 0. The Morgan fingerprint density at radius 3 is 2.47 bits per heavy atom. The predicted octanol–water partition coefficient (Wildman–Crippen LogP) is 3.59. The van der Waals surface area contributed by atoms with Gasteiger partial charge in [-0.1, -0.05) is 56.0 Å². The maximum Gasteiger partial charge on any atom is 0.0659 e. The van der Waals surface area contributed by atoms with Crippen molar-refractivity contribution < 1.29 is 4.74 Å². The van der Waals surface area contributed by atoms with Crippen molar-refractivity contribution >= 4 is 0 Å². The molecule has 1 unspecified atom stereocenters. The summed E-state index contributed by atoms with van der Waals surface area (Å²) in [5, 5.41) is 0. The normalized spacial score (nSPS) is 12.6. The Labute approximate surface area is 105 Å². The van der Waals surface area contributed by atoms with Crippen LogP contribution in [0.4, 0.5) is 0 Å². The molecule has 0 spiro atoms. The molecular weight excluding hydrogens is 210 g/mol. The quantitative estimate of drug-likeness (QED) is 0.699. The topological polar surface area (TPSA) is 35.2 Å². The van der Waals surface area contributed by atoms with Crippen LogP contribution in [-0.4, -0.2) is 13.2 Å². The van der Waals surface area contributed by atoms with Crippen molar-refractivity contribution in [2.45, 2.75) is 45.6 Å². The minimum absolute atomic E-state index is 0.00164. The molecule has 0 aliphatic carbocycles. The van der Waals surface area contributed by atoms with Crippen molar-refractivity contribution in [3.8, 4) is 0 Å². The lowest BCUT2D eigenvalue weighted by Gasteiger charge is -2.12. The number of nitrogens with two attached hydrogens (primary N) is 1. The maximum atomic E-state index is 6.06. The number of unbranched alkanes of at least 4 members (excludes halogenated alkanes) is 3. The Kier molecular flexibility index (Phi) is 6.90. The molecule has 0 heterocycles. The first-order valence-corrected chi connectivity index (χ1v) is 6.64. The maximum absolute atomic E-state index is 6.06. The smallest absolute Gasteiger partial charge is 0.0659 e. The molecule has 0 radical (unpaired) electrons. The zero-order valence-electron chi connectivity index (χ0n) is 11.1. The molecular formula is C15H25NO. The summed E-state index contributed by atoms with van der Waals surface area (Å²) in [7, 11) is 0. The summed E-state index contributed by atoms with van der Waals surface area (Å²) in [6, 6.07) is 8.36. The van der Waals surface area contributed by atoms with Crippen LogP contribution in [0.25, 0.3) is 0 Å². The van der Waals surface area contributed by atoms with E-state index in [-0.39, 0.29) is 6.04 Å². The lowest BCUT2D eigenvalue weighted by atomic mass is 10.1. The first-order chi connectivity index (χ1) is 8.24. The molecule has 1 atom stereocenters. The molecule has 0 aliphatic heterocycles. The van der Waals surface area contributed by atoms with Gasteiger partial charge in [-0.05, 0) is 18.9 Å². The molecule has 1 aromatic carbocycles. The molecule has 0 bridgehead atoms. The minimum Gasteiger partial charge on any atom is -0.379 e. The highest BCUT2D eigenvalue weighted by Gasteiger charge is 2.05. The molecule has 2 N–H and O–H groups in total. The van der Waals surface area contributed by atoms with Crippen molar-refractivity contribution in [3.63, 3.8) is 0 Å². The van der Waals surface area contributed by atoms with Gasteiger partial charge in [-0.2, -0.15) is 0 Å². The molecule has 0 aromatic heterocycles. The summed E-state index contributed by atoms with van der Waals surface area (Å²) in [5.74, 6) is 0. The molecule has 2 heteroatoms. The lowest BCUT2D eigenvalue weighted by Crippen LogP contribution is -2.17. The third kappa shape index (κ3) is 5.85. The molecule has 0 saturated carbocycles. The summed E-state index contributed by atoms with van der Waals surface area (Å²) < 4.78 is 5.60. The van der Waals surface area contributed by atoms with E-state index < -0.39 is 0 Å². The largest absolute Gasteiger partial charge is 0.379 e. The zero-order chi connectivity index (χ0) is 12.5. The van der Waals surface area contributed by atoms with Crippen LogP contribution in [-0.2, 0) is 4.74 Å². The Morgan fingerprint density at radius 2 is 1.82 bits per heavy atom. The number of aryl methyl sites for hydroxylation is 1. The van der Waals surface area contributed by atoms with E-state index in [0.717, 1.165) is 18.6 Å². The highest BCUT2D eigenvalue weighted by molar-refractivity contribution is 5.23. The Balaban J connectivity index is 2.16. The average Bonchev–Trinajstić information content (AvgIpc) is 2.34. The summed E-state index contributed by atoms with van der Waals surface area (Å²) in [5.41, 5.74) is 8.48. The zero-order valence-corrected chi connectivity index (χ0v) is 11.1. The fourth-order valence-corrected chi connectivity index (χ4v) is 1.75. The van der Waals surface area contributed by atoms with E-state index in [1.807, 2.05) is 0 Å². The third-order valence-corrected chi connectivity index (χ3v) is 2.95. The molecule has 17 heavy (non-hydrogen) atoms. The van der Waals surface area contributed by atoms with Gasteiger partial charge in [-0.3, -0.25) is 0 Å². The van der Waals surface area contributed by atoms with E-state index in [1.54, 1.807) is 0 Å². The number of hydrogen-bond acceptors (Lipinski definition) is 2. The van der Waals surface area contributed by atoms with Crippen LogP contribution in [0.15, 0.2) is 24.3 Å². The monoisotopic (exact) mass is 235 g/mol. The van der Waals surface area contributed by atoms with Gasteiger partial charge in [0.15, 0.2) is 0 Å². The Hall–Kier alpha value is -0.860. The molecule has 0 saturated heterocycles. The van der Waals surface area contributed by atoms with Gasteiger partial charge in [-0.15, -0.1) is 0 Å². The fourth-order valence-electron chi connectivity index (χ4n) is 1.75. The summed E-state index contributed by atoms with van der Waals surface area (Å²) in [6.45, 7) is 5.75. The van der Waals surface area contributed by atoms with Crippen LogP contribution in [0.5, 0.6) is 0 Å². The first kappa shape index (κ1) is 14.2. The van der Waals surface area contributed by atoms with E-state index in [1.165, 1.54) is 24.8 Å². The van der Waals surface area contributed by atoms with Crippen LogP contribution in [0.2, 0.25) is 0 Å². The second kappa shape index (κ2) is 8.26. The van der Waals surface area contributed by atoms with Crippen molar-refractivity contribution in [1.82, 2.24) is 0 Å². The molecule has 2 nitrogen and oxygen atoms in total. The highest BCUT2D eigenvalue weighted by atomic mass is 16.5. The van der Waals surface area contributed by atoms with Crippen LogP contribution in [0.1, 0.15) is 49.8 Å². The van der Waals surface area contributed by atoms with E-state index in [4.69, 9.17) is 10.5 Å². The van der Waals surface area contributed by atoms with Crippen molar-refractivity contribution in [2.75, 3.05) is 13.2 Å². The summed E-state index contributed by atoms with van der Waals surface area (Å²) in [4.78, 5) is 0. The molecule has 0 amide bonds.